The number of rotatable bonds is 7. The number of thiophene rings is 1. The molecule has 0 amide bonds. The Morgan fingerprint density at radius 1 is 1.50 bits per heavy atom. The molecule has 1 saturated carbocycles. The number of hydrogen-bond donors (Lipinski definition) is 1. The van der Waals surface area contributed by atoms with Gasteiger partial charge in [-0.3, -0.25) is 0 Å². The minimum absolute atomic E-state index is 0.582. The smallest absolute Gasteiger partial charge is 0.0416 e. The van der Waals surface area contributed by atoms with Crippen LogP contribution in [0, 0.1) is 5.92 Å². The van der Waals surface area contributed by atoms with Crippen LogP contribution in [0.4, 0.5) is 0 Å². The summed E-state index contributed by atoms with van der Waals surface area (Å²) < 4.78 is 0. The molecule has 1 nitrogen and oxygen atoms in total. The molecule has 2 atom stereocenters. The topological polar surface area (TPSA) is 12.0 Å². The van der Waals surface area contributed by atoms with Crippen LogP contribution in [0.2, 0.25) is 0 Å². The molecular weight excluding hydrogens is 214 g/mol. The summed E-state index contributed by atoms with van der Waals surface area (Å²) in [5, 5.41) is 5.99. The summed E-state index contributed by atoms with van der Waals surface area (Å²) in [6.07, 6.45) is 6.81. The SMILES string of the molecule is CCCC(NC(C)CC1CC1)c1cccs1. The van der Waals surface area contributed by atoms with E-state index in [1.54, 1.807) is 0 Å². The first kappa shape index (κ1) is 12.1. The second kappa shape index (κ2) is 5.83. The van der Waals surface area contributed by atoms with Crippen LogP contribution in [0.3, 0.4) is 0 Å². The molecule has 0 bridgehead atoms. The van der Waals surface area contributed by atoms with Crippen molar-refractivity contribution in [1.29, 1.82) is 0 Å². The Labute approximate surface area is 103 Å². The fourth-order valence-electron chi connectivity index (χ4n) is 2.35. The molecule has 1 aliphatic rings. The lowest BCUT2D eigenvalue weighted by molar-refractivity contribution is 0.406. The molecule has 90 valence electrons. The molecule has 0 aliphatic heterocycles. The zero-order chi connectivity index (χ0) is 11.4. The van der Waals surface area contributed by atoms with E-state index in [-0.39, 0.29) is 0 Å². The molecule has 1 aromatic heterocycles. The molecule has 0 saturated heterocycles. The van der Waals surface area contributed by atoms with Crippen LogP contribution in [0.15, 0.2) is 17.5 Å². The van der Waals surface area contributed by atoms with Crippen LogP contribution in [0.5, 0.6) is 0 Å². The molecule has 0 aromatic carbocycles. The van der Waals surface area contributed by atoms with Crippen LogP contribution < -0.4 is 5.32 Å². The predicted molar refractivity (Wildman–Crippen MR) is 71.9 cm³/mol. The normalized spacial score (nSPS) is 19.6. The Morgan fingerprint density at radius 2 is 2.31 bits per heavy atom. The van der Waals surface area contributed by atoms with Crippen molar-refractivity contribution < 1.29 is 0 Å². The van der Waals surface area contributed by atoms with Gasteiger partial charge in [-0.05, 0) is 37.1 Å². The summed E-state index contributed by atoms with van der Waals surface area (Å²) in [7, 11) is 0. The highest BCUT2D eigenvalue weighted by Crippen LogP contribution is 2.34. The van der Waals surface area contributed by atoms with E-state index < -0.39 is 0 Å². The van der Waals surface area contributed by atoms with E-state index in [0.717, 1.165) is 5.92 Å². The molecule has 2 heteroatoms. The maximum Gasteiger partial charge on any atom is 0.0416 e. The molecule has 16 heavy (non-hydrogen) atoms. The van der Waals surface area contributed by atoms with Gasteiger partial charge in [0.1, 0.15) is 0 Å². The molecule has 2 unspecified atom stereocenters. The Bertz CT molecular complexity index is 290. The largest absolute Gasteiger partial charge is 0.307 e. The molecule has 0 spiro atoms. The maximum atomic E-state index is 3.80. The third kappa shape index (κ3) is 3.60. The van der Waals surface area contributed by atoms with Crippen LogP contribution in [-0.2, 0) is 0 Å². The summed E-state index contributed by atoms with van der Waals surface area (Å²) in [6, 6.07) is 5.68. The van der Waals surface area contributed by atoms with Gasteiger partial charge in [0.25, 0.3) is 0 Å². The Balaban J connectivity index is 1.86. The fraction of sp³-hybridized carbons (Fsp3) is 0.714. The molecule has 1 heterocycles. The van der Waals surface area contributed by atoms with Crippen LogP contribution in [0.1, 0.15) is 56.9 Å². The number of hydrogen-bond acceptors (Lipinski definition) is 2. The van der Waals surface area contributed by atoms with Gasteiger partial charge in [-0.1, -0.05) is 32.3 Å². The standard InChI is InChI=1S/C14H23NS/c1-3-5-13(14-6-4-9-16-14)15-11(2)10-12-7-8-12/h4,6,9,11-13,15H,3,5,7-8,10H2,1-2H3. The Kier molecular flexibility index (Phi) is 4.42. The first-order valence-electron chi connectivity index (χ1n) is 6.59. The van der Waals surface area contributed by atoms with Gasteiger partial charge in [-0.2, -0.15) is 0 Å². The third-order valence-electron chi connectivity index (χ3n) is 3.33. The monoisotopic (exact) mass is 237 g/mol. The highest BCUT2D eigenvalue weighted by molar-refractivity contribution is 7.10. The van der Waals surface area contributed by atoms with Gasteiger partial charge in [-0.25, -0.2) is 0 Å². The van der Waals surface area contributed by atoms with Crippen LogP contribution >= 0.6 is 11.3 Å². The minimum atomic E-state index is 0.582. The van der Waals surface area contributed by atoms with Crippen molar-refractivity contribution in [2.24, 2.45) is 5.92 Å². The van der Waals surface area contributed by atoms with E-state index in [9.17, 15) is 0 Å². The van der Waals surface area contributed by atoms with Crippen LogP contribution in [0.25, 0.3) is 0 Å². The number of nitrogens with one attached hydrogen (secondary N) is 1. The van der Waals surface area contributed by atoms with Gasteiger partial charge in [0, 0.05) is 17.0 Å². The van der Waals surface area contributed by atoms with Crippen molar-refractivity contribution in [2.75, 3.05) is 0 Å². The van der Waals surface area contributed by atoms with Gasteiger partial charge in [0.15, 0.2) is 0 Å². The van der Waals surface area contributed by atoms with E-state index in [0.29, 0.717) is 12.1 Å². The zero-order valence-corrected chi connectivity index (χ0v) is 11.2. The summed E-state index contributed by atoms with van der Waals surface area (Å²) in [4.78, 5) is 1.50. The molecule has 1 aliphatic carbocycles. The van der Waals surface area contributed by atoms with Crippen molar-refractivity contribution in [3.05, 3.63) is 22.4 Å². The van der Waals surface area contributed by atoms with E-state index in [2.05, 4.69) is 36.7 Å². The Morgan fingerprint density at radius 3 is 2.88 bits per heavy atom. The first-order chi connectivity index (χ1) is 7.79. The average molecular weight is 237 g/mol. The van der Waals surface area contributed by atoms with Gasteiger partial charge in [-0.15, -0.1) is 11.3 Å². The van der Waals surface area contributed by atoms with Crippen molar-refractivity contribution in [1.82, 2.24) is 5.32 Å². The van der Waals surface area contributed by atoms with Gasteiger partial charge < -0.3 is 5.32 Å². The van der Waals surface area contributed by atoms with Crippen molar-refractivity contribution >= 4 is 11.3 Å². The lowest BCUT2D eigenvalue weighted by Gasteiger charge is -2.22. The van der Waals surface area contributed by atoms with Crippen molar-refractivity contribution in [2.45, 2.75) is 58.0 Å². The van der Waals surface area contributed by atoms with Crippen molar-refractivity contribution in [3.8, 4) is 0 Å². The van der Waals surface area contributed by atoms with E-state index >= 15 is 0 Å². The summed E-state index contributed by atoms with van der Waals surface area (Å²) in [6.45, 7) is 4.61. The molecule has 1 N–H and O–H groups in total. The fourth-order valence-corrected chi connectivity index (χ4v) is 3.17. The third-order valence-corrected chi connectivity index (χ3v) is 4.32. The summed E-state index contributed by atoms with van der Waals surface area (Å²) in [5.41, 5.74) is 0. The second-order valence-corrected chi connectivity index (χ2v) is 6.08. The summed E-state index contributed by atoms with van der Waals surface area (Å²) in [5.74, 6) is 1.02. The Hall–Kier alpha value is -0.340. The lowest BCUT2D eigenvalue weighted by atomic mass is 10.1. The first-order valence-corrected chi connectivity index (χ1v) is 7.47. The molecule has 1 fully saturated rings. The highest BCUT2D eigenvalue weighted by Gasteiger charge is 2.24. The lowest BCUT2D eigenvalue weighted by Crippen LogP contribution is -2.30. The molecule has 2 rings (SSSR count). The quantitative estimate of drug-likeness (QED) is 0.742. The average Bonchev–Trinajstić information content (AvgIpc) is 2.90. The van der Waals surface area contributed by atoms with Gasteiger partial charge in [0.05, 0.1) is 0 Å². The second-order valence-electron chi connectivity index (χ2n) is 5.10. The van der Waals surface area contributed by atoms with E-state index in [1.807, 2.05) is 11.3 Å². The van der Waals surface area contributed by atoms with E-state index in [1.165, 1.54) is 37.0 Å². The molecule has 1 aromatic rings. The summed E-state index contributed by atoms with van der Waals surface area (Å²) >= 11 is 1.88. The van der Waals surface area contributed by atoms with Crippen molar-refractivity contribution in [3.63, 3.8) is 0 Å². The zero-order valence-electron chi connectivity index (χ0n) is 10.4. The molecular formula is C14H23NS. The van der Waals surface area contributed by atoms with Gasteiger partial charge in [0.2, 0.25) is 0 Å². The van der Waals surface area contributed by atoms with E-state index in [4.69, 9.17) is 0 Å². The van der Waals surface area contributed by atoms with Gasteiger partial charge >= 0.3 is 0 Å². The van der Waals surface area contributed by atoms with Crippen LogP contribution in [-0.4, -0.2) is 6.04 Å². The molecule has 0 radical (unpaired) electrons. The highest BCUT2D eigenvalue weighted by atomic mass is 32.1. The maximum absolute atomic E-state index is 3.80. The predicted octanol–water partition coefficient (Wildman–Crippen LogP) is 4.37. The minimum Gasteiger partial charge on any atom is -0.307 e.